The summed E-state index contributed by atoms with van der Waals surface area (Å²) in [6.45, 7) is 4.11. The van der Waals surface area contributed by atoms with E-state index in [-0.39, 0.29) is 13.2 Å². The summed E-state index contributed by atoms with van der Waals surface area (Å²) in [5.41, 5.74) is 3.28. The standard InChI is InChI=1S/C16H16O2/c1-13(18-12-11-17)14-7-9-16(10-8-14)15-5-3-2-4-6-15/h2-10,17H,1,11-12H2. The average molecular weight is 240 g/mol. The molecule has 92 valence electrons. The minimum Gasteiger partial charge on any atom is -0.491 e. The van der Waals surface area contributed by atoms with Crippen LogP contribution in [0.25, 0.3) is 16.9 Å². The quantitative estimate of drug-likeness (QED) is 0.812. The van der Waals surface area contributed by atoms with E-state index in [0.29, 0.717) is 5.76 Å². The van der Waals surface area contributed by atoms with Crippen LogP contribution in [0.5, 0.6) is 0 Å². The van der Waals surface area contributed by atoms with E-state index in [0.717, 1.165) is 11.1 Å². The third-order valence-electron chi connectivity index (χ3n) is 2.68. The van der Waals surface area contributed by atoms with Crippen LogP contribution >= 0.6 is 0 Å². The molecule has 2 rings (SSSR count). The summed E-state index contributed by atoms with van der Waals surface area (Å²) in [7, 11) is 0. The molecule has 0 bridgehead atoms. The number of aliphatic hydroxyl groups is 1. The average Bonchev–Trinajstić information content (AvgIpc) is 2.46. The fraction of sp³-hybridized carbons (Fsp3) is 0.125. The molecule has 2 aromatic rings. The first-order valence-corrected chi connectivity index (χ1v) is 5.89. The van der Waals surface area contributed by atoms with Gasteiger partial charge < -0.3 is 9.84 Å². The van der Waals surface area contributed by atoms with Crippen molar-refractivity contribution >= 4 is 5.76 Å². The maximum atomic E-state index is 8.69. The molecule has 0 amide bonds. The monoisotopic (exact) mass is 240 g/mol. The molecular weight excluding hydrogens is 224 g/mol. The van der Waals surface area contributed by atoms with Gasteiger partial charge in [-0.15, -0.1) is 0 Å². The maximum absolute atomic E-state index is 8.69. The second kappa shape index (κ2) is 6.03. The third kappa shape index (κ3) is 2.99. The van der Waals surface area contributed by atoms with Gasteiger partial charge in [0.25, 0.3) is 0 Å². The molecule has 0 unspecified atom stereocenters. The molecule has 0 radical (unpaired) electrons. The van der Waals surface area contributed by atoms with Crippen LogP contribution in [0.1, 0.15) is 5.56 Å². The topological polar surface area (TPSA) is 29.5 Å². The first-order chi connectivity index (χ1) is 8.81. The van der Waals surface area contributed by atoms with Crippen molar-refractivity contribution in [3.8, 4) is 11.1 Å². The molecule has 0 atom stereocenters. The number of aliphatic hydroxyl groups excluding tert-OH is 1. The lowest BCUT2D eigenvalue weighted by Gasteiger charge is -2.08. The van der Waals surface area contributed by atoms with E-state index in [9.17, 15) is 0 Å². The van der Waals surface area contributed by atoms with Crippen LogP contribution in [0.2, 0.25) is 0 Å². The van der Waals surface area contributed by atoms with Gasteiger partial charge in [-0.1, -0.05) is 61.2 Å². The van der Waals surface area contributed by atoms with Gasteiger partial charge in [-0.2, -0.15) is 0 Å². The Kier molecular flexibility index (Phi) is 4.15. The van der Waals surface area contributed by atoms with E-state index in [1.54, 1.807) is 0 Å². The van der Waals surface area contributed by atoms with Crippen molar-refractivity contribution in [1.29, 1.82) is 0 Å². The van der Waals surface area contributed by atoms with E-state index in [1.165, 1.54) is 5.56 Å². The lowest BCUT2D eigenvalue weighted by Crippen LogP contribution is -1.97. The van der Waals surface area contributed by atoms with Crippen molar-refractivity contribution in [3.63, 3.8) is 0 Å². The van der Waals surface area contributed by atoms with Crippen molar-refractivity contribution in [2.75, 3.05) is 13.2 Å². The Morgan fingerprint density at radius 2 is 1.56 bits per heavy atom. The van der Waals surface area contributed by atoms with Gasteiger partial charge >= 0.3 is 0 Å². The van der Waals surface area contributed by atoms with E-state index >= 15 is 0 Å². The molecular formula is C16H16O2. The Hall–Kier alpha value is -2.06. The second-order valence-corrected chi connectivity index (χ2v) is 3.94. The van der Waals surface area contributed by atoms with E-state index < -0.39 is 0 Å². The van der Waals surface area contributed by atoms with Crippen LogP contribution in [0.15, 0.2) is 61.2 Å². The van der Waals surface area contributed by atoms with Gasteiger partial charge in [-0.3, -0.25) is 0 Å². The molecule has 0 spiro atoms. The molecule has 0 aliphatic heterocycles. The molecule has 0 saturated heterocycles. The highest BCUT2D eigenvalue weighted by Crippen LogP contribution is 2.22. The van der Waals surface area contributed by atoms with Gasteiger partial charge in [0.2, 0.25) is 0 Å². The first-order valence-electron chi connectivity index (χ1n) is 5.89. The molecule has 0 heterocycles. The van der Waals surface area contributed by atoms with Crippen molar-refractivity contribution in [3.05, 3.63) is 66.7 Å². The van der Waals surface area contributed by atoms with Crippen LogP contribution in [-0.4, -0.2) is 18.3 Å². The number of ether oxygens (including phenoxy) is 1. The van der Waals surface area contributed by atoms with Gasteiger partial charge in [0.1, 0.15) is 12.4 Å². The molecule has 18 heavy (non-hydrogen) atoms. The Bertz CT molecular complexity index is 500. The lowest BCUT2D eigenvalue weighted by molar-refractivity contribution is 0.181. The minimum atomic E-state index is 0.00111. The molecule has 0 aliphatic rings. The van der Waals surface area contributed by atoms with Crippen molar-refractivity contribution in [2.45, 2.75) is 0 Å². The van der Waals surface area contributed by atoms with Crippen LogP contribution in [0, 0.1) is 0 Å². The highest BCUT2D eigenvalue weighted by Gasteiger charge is 2.01. The molecule has 2 nitrogen and oxygen atoms in total. The molecule has 0 fully saturated rings. The van der Waals surface area contributed by atoms with Crippen LogP contribution in [0.4, 0.5) is 0 Å². The number of rotatable bonds is 5. The summed E-state index contributed by atoms with van der Waals surface area (Å²) >= 11 is 0. The normalized spacial score (nSPS) is 10.1. The van der Waals surface area contributed by atoms with Crippen molar-refractivity contribution in [2.24, 2.45) is 0 Å². The zero-order valence-electron chi connectivity index (χ0n) is 10.2. The number of hydrogen-bond donors (Lipinski definition) is 1. The molecule has 2 heteroatoms. The van der Waals surface area contributed by atoms with Crippen LogP contribution < -0.4 is 0 Å². The second-order valence-electron chi connectivity index (χ2n) is 3.94. The fourth-order valence-corrected chi connectivity index (χ4v) is 1.73. The van der Waals surface area contributed by atoms with Crippen molar-refractivity contribution in [1.82, 2.24) is 0 Å². The number of hydrogen-bond acceptors (Lipinski definition) is 2. The maximum Gasteiger partial charge on any atom is 0.119 e. The minimum absolute atomic E-state index is 0.00111. The number of benzene rings is 2. The predicted octanol–water partition coefficient (Wildman–Crippen LogP) is 3.33. The smallest absolute Gasteiger partial charge is 0.119 e. The van der Waals surface area contributed by atoms with Crippen LogP contribution in [-0.2, 0) is 4.74 Å². The predicted molar refractivity (Wildman–Crippen MR) is 73.9 cm³/mol. The largest absolute Gasteiger partial charge is 0.491 e. The summed E-state index contributed by atoms with van der Waals surface area (Å²) in [6.07, 6.45) is 0. The summed E-state index contributed by atoms with van der Waals surface area (Å²) in [5.74, 6) is 0.587. The Morgan fingerprint density at radius 1 is 0.944 bits per heavy atom. The zero-order valence-corrected chi connectivity index (χ0v) is 10.2. The van der Waals surface area contributed by atoms with Gasteiger partial charge in [0.05, 0.1) is 6.61 Å². The summed E-state index contributed by atoms with van der Waals surface area (Å²) in [4.78, 5) is 0. The molecule has 2 aromatic carbocycles. The van der Waals surface area contributed by atoms with Crippen molar-refractivity contribution < 1.29 is 9.84 Å². The SMILES string of the molecule is C=C(OCCO)c1ccc(-c2ccccc2)cc1. The third-order valence-corrected chi connectivity index (χ3v) is 2.68. The van der Waals surface area contributed by atoms with E-state index in [4.69, 9.17) is 9.84 Å². The summed E-state index contributed by atoms with van der Waals surface area (Å²) in [5, 5.41) is 8.69. The zero-order chi connectivity index (χ0) is 12.8. The fourth-order valence-electron chi connectivity index (χ4n) is 1.73. The molecule has 0 aromatic heterocycles. The molecule has 0 aliphatic carbocycles. The highest BCUT2D eigenvalue weighted by atomic mass is 16.5. The molecule has 0 saturated carbocycles. The molecule has 1 N–H and O–H groups in total. The first kappa shape index (κ1) is 12.4. The lowest BCUT2D eigenvalue weighted by atomic mass is 10.0. The summed E-state index contributed by atoms with van der Waals surface area (Å²) in [6, 6.07) is 18.2. The van der Waals surface area contributed by atoms with Gasteiger partial charge in [-0.25, -0.2) is 0 Å². The van der Waals surface area contributed by atoms with Gasteiger partial charge in [0, 0.05) is 5.56 Å². The Balaban J connectivity index is 2.13. The van der Waals surface area contributed by atoms with Gasteiger partial charge in [0.15, 0.2) is 0 Å². The van der Waals surface area contributed by atoms with Crippen LogP contribution in [0.3, 0.4) is 0 Å². The Labute approximate surface area is 107 Å². The highest BCUT2D eigenvalue weighted by molar-refractivity contribution is 5.67. The summed E-state index contributed by atoms with van der Waals surface area (Å²) < 4.78 is 5.28. The van der Waals surface area contributed by atoms with E-state index in [1.807, 2.05) is 42.5 Å². The van der Waals surface area contributed by atoms with E-state index in [2.05, 4.69) is 18.7 Å². The Morgan fingerprint density at radius 3 is 2.17 bits per heavy atom. The van der Waals surface area contributed by atoms with Gasteiger partial charge in [-0.05, 0) is 11.1 Å².